The average Bonchev–Trinajstić information content (AvgIpc) is 2.40. The van der Waals surface area contributed by atoms with E-state index in [1.54, 1.807) is 0 Å². The highest BCUT2D eigenvalue weighted by atomic mass is 79.9. The van der Waals surface area contributed by atoms with Crippen molar-refractivity contribution in [3.05, 3.63) is 28.7 Å². The average molecular weight is 312 g/mol. The third kappa shape index (κ3) is 3.91. The maximum Gasteiger partial charge on any atom is 0.191 e. The van der Waals surface area contributed by atoms with Gasteiger partial charge in [0.05, 0.1) is 11.0 Å². The van der Waals surface area contributed by atoms with E-state index in [-0.39, 0.29) is 6.10 Å². The van der Waals surface area contributed by atoms with E-state index in [1.807, 2.05) is 31.2 Å². The van der Waals surface area contributed by atoms with Crippen molar-refractivity contribution in [2.45, 2.75) is 19.4 Å². The first kappa shape index (κ1) is 13.2. The molecule has 5 heteroatoms. The number of halogens is 1. The third-order valence-electron chi connectivity index (χ3n) is 2.62. The monoisotopic (exact) mass is 311 g/mol. The normalized spacial score (nSPS) is 16.4. The van der Waals surface area contributed by atoms with Crippen molar-refractivity contribution >= 4 is 21.9 Å². The molecule has 0 saturated heterocycles. The summed E-state index contributed by atoms with van der Waals surface area (Å²) in [6.45, 7) is 4.66. The van der Waals surface area contributed by atoms with Gasteiger partial charge in [0.1, 0.15) is 11.9 Å². The second kappa shape index (κ2) is 6.64. The lowest BCUT2D eigenvalue weighted by Gasteiger charge is -2.20. The summed E-state index contributed by atoms with van der Waals surface area (Å²) in [5.41, 5.74) is 0. The van der Waals surface area contributed by atoms with Crippen LogP contribution in [0.2, 0.25) is 0 Å². The Morgan fingerprint density at radius 3 is 3.06 bits per heavy atom. The summed E-state index contributed by atoms with van der Waals surface area (Å²) in [5.74, 6) is 1.74. The number of ether oxygens (including phenoxy) is 1. The number of hydrogen-bond donors (Lipinski definition) is 2. The summed E-state index contributed by atoms with van der Waals surface area (Å²) in [5, 5.41) is 6.48. The van der Waals surface area contributed by atoms with Crippen molar-refractivity contribution in [1.29, 1.82) is 0 Å². The van der Waals surface area contributed by atoms with Crippen LogP contribution in [-0.2, 0) is 0 Å². The molecule has 4 nitrogen and oxygen atoms in total. The number of nitrogens with one attached hydrogen (secondary N) is 2. The quantitative estimate of drug-likeness (QED) is 0.895. The Hall–Kier alpha value is -1.23. The van der Waals surface area contributed by atoms with E-state index in [0.29, 0.717) is 0 Å². The largest absolute Gasteiger partial charge is 0.488 e. The van der Waals surface area contributed by atoms with Gasteiger partial charge in [-0.25, -0.2) is 0 Å². The molecular weight excluding hydrogens is 294 g/mol. The van der Waals surface area contributed by atoms with Crippen LogP contribution in [0, 0.1) is 0 Å². The van der Waals surface area contributed by atoms with Crippen LogP contribution in [0.5, 0.6) is 5.75 Å². The highest BCUT2D eigenvalue weighted by molar-refractivity contribution is 9.10. The lowest BCUT2D eigenvalue weighted by Crippen LogP contribution is -2.44. The lowest BCUT2D eigenvalue weighted by atomic mass is 10.3. The molecule has 0 radical (unpaired) electrons. The first-order valence-corrected chi connectivity index (χ1v) is 6.98. The molecule has 1 aliphatic rings. The van der Waals surface area contributed by atoms with Gasteiger partial charge in [0.25, 0.3) is 0 Å². The molecule has 98 valence electrons. The van der Waals surface area contributed by atoms with Gasteiger partial charge in [-0.1, -0.05) is 12.1 Å². The van der Waals surface area contributed by atoms with Crippen LogP contribution >= 0.6 is 15.9 Å². The molecule has 1 atom stereocenters. The summed E-state index contributed by atoms with van der Waals surface area (Å²) >= 11 is 3.47. The van der Waals surface area contributed by atoms with E-state index in [2.05, 4.69) is 31.6 Å². The van der Waals surface area contributed by atoms with Crippen LogP contribution in [0.1, 0.15) is 13.3 Å². The smallest absolute Gasteiger partial charge is 0.191 e. The highest BCUT2D eigenvalue weighted by Gasteiger charge is 2.09. The molecular formula is C13H18BrN3O. The summed E-state index contributed by atoms with van der Waals surface area (Å²) in [6.07, 6.45) is 1.18. The van der Waals surface area contributed by atoms with Crippen LogP contribution < -0.4 is 15.4 Å². The maximum absolute atomic E-state index is 5.84. The van der Waals surface area contributed by atoms with Gasteiger partial charge in [0.2, 0.25) is 0 Å². The maximum atomic E-state index is 5.84. The molecule has 1 heterocycles. The van der Waals surface area contributed by atoms with Gasteiger partial charge < -0.3 is 15.4 Å². The van der Waals surface area contributed by atoms with Gasteiger partial charge in [0.15, 0.2) is 5.96 Å². The minimum atomic E-state index is 0.0788. The summed E-state index contributed by atoms with van der Waals surface area (Å²) in [4.78, 5) is 4.36. The Balaban J connectivity index is 1.80. The number of rotatable bonds is 4. The second-order valence-corrected chi connectivity index (χ2v) is 5.10. The molecule has 2 rings (SSSR count). The van der Waals surface area contributed by atoms with Crippen LogP contribution in [0.3, 0.4) is 0 Å². The highest BCUT2D eigenvalue weighted by Crippen LogP contribution is 2.24. The Morgan fingerprint density at radius 2 is 2.33 bits per heavy atom. The number of guanidine groups is 1. The zero-order valence-corrected chi connectivity index (χ0v) is 12.0. The van der Waals surface area contributed by atoms with Crippen molar-refractivity contribution in [2.75, 3.05) is 19.6 Å². The van der Waals surface area contributed by atoms with Gasteiger partial charge in [-0.2, -0.15) is 0 Å². The van der Waals surface area contributed by atoms with Crippen LogP contribution in [-0.4, -0.2) is 31.7 Å². The molecule has 0 aromatic heterocycles. The van der Waals surface area contributed by atoms with Gasteiger partial charge >= 0.3 is 0 Å². The van der Waals surface area contributed by atoms with Gasteiger partial charge in [-0.05, 0) is 41.4 Å². The third-order valence-corrected chi connectivity index (χ3v) is 3.27. The molecule has 1 unspecified atom stereocenters. The van der Waals surface area contributed by atoms with Crippen LogP contribution in [0.4, 0.5) is 0 Å². The predicted molar refractivity (Wildman–Crippen MR) is 77.2 cm³/mol. The molecule has 1 aromatic rings. The zero-order chi connectivity index (χ0) is 12.8. The SMILES string of the molecule is CC(CNC1=NCCCN1)Oc1ccccc1Br. The second-order valence-electron chi connectivity index (χ2n) is 4.25. The van der Waals surface area contributed by atoms with Crippen molar-refractivity contribution in [3.63, 3.8) is 0 Å². The molecule has 0 saturated carbocycles. The Morgan fingerprint density at radius 1 is 1.50 bits per heavy atom. The van der Waals surface area contributed by atoms with Gasteiger partial charge in [-0.3, -0.25) is 4.99 Å². The van der Waals surface area contributed by atoms with Crippen LogP contribution in [0.15, 0.2) is 33.7 Å². The number of para-hydroxylation sites is 1. The summed E-state index contributed by atoms with van der Waals surface area (Å²) in [6, 6.07) is 7.87. The standard InChI is InChI=1S/C13H18BrN3O/c1-10(9-17-13-15-7-4-8-16-13)18-12-6-3-2-5-11(12)14/h2-3,5-6,10H,4,7-9H2,1H3,(H2,15,16,17). The Kier molecular flexibility index (Phi) is 4.87. The Bertz CT molecular complexity index is 422. The molecule has 0 fully saturated rings. The fraction of sp³-hybridized carbons (Fsp3) is 0.462. The molecule has 0 amide bonds. The van der Waals surface area contributed by atoms with Crippen LogP contribution in [0.25, 0.3) is 0 Å². The van der Waals surface area contributed by atoms with E-state index in [9.17, 15) is 0 Å². The molecule has 18 heavy (non-hydrogen) atoms. The number of hydrogen-bond acceptors (Lipinski definition) is 4. The number of nitrogens with zero attached hydrogens (tertiary/aromatic N) is 1. The number of benzene rings is 1. The molecule has 0 aliphatic carbocycles. The van der Waals surface area contributed by atoms with E-state index >= 15 is 0 Å². The van der Waals surface area contributed by atoms with E-state index in [0.717, 1.165) is 42.2 Å². The fourth-order valence-electron chi connectivity index (χ4n) is 1.69. The minimum Gasteiger partial charge on any atom is -0.488 e. The zero-order valence-electron chi connectivity index (χ0n) is 10.4. The molecule has 2 N–H and O–H groups in total. The van der Waals surface area contributed by atoms with E-state index in [4.69, 9.17) is 4.74 Å². The Labute approximate surface area is 116 Å². The molecule has 1 aromatic carbocycles. The van der Waals surface area contributed by atoms with E-state index in [1.165, 1.54) is 0 Å². The first-order chi connectivity index (χ1) is 8.75. The predicted octanol–water partition coefficient (Wildman–Crippen LogP) is 2.16. The molecule has 0 bridgehead atoms. The van der Waals surface area contributed by atoms with Crippen molar-refractivity contribution in [2.24, 2.45) is 4.99 Å². The topological polar surface area (TPSA) is 45.7 Å². The van der Waals surface area contributed by atoms with Crippen molar-refractivity contribution in [1.82, 2.24) is 10.6 Å². The molecule has 0 spiro atoms. The summed E-state index contributed by atoms with van der Waals surface area (Å²) in [7, 11) is 0. The van der Waals surface area contributed by atoms with Gasteiger partial charge in [-0.15, -0.1) is 0 Å². The minimum absolute atomic E-state index is 0.0788. The summed E-state index contributed by atoms with van der Waals surface area (Å²) < 4.78 is 6.82. The number of aliphatic imine (C=N–C) groups is 1. The first-order valence-electron chi connectivity index (χ1n) is 6.19. The van der Waals surface area contributed by atoms with Crippen molar-refractivity contribution < 1.29 is 4.74 Å². The molecule has 1 aliphatic heterocycles. The van der Waals surface area contributed by atoms with Crippen molar-refractivity contribution in [3.8, 4) is 5.75 Å². The van der Waals surface area contributed by atoms with E-state index < -0.39 is 0 Å². The lowest BCUT2D eigenvalue weighted by molar-refractivity contribution is 0.222. The van der Waals surface area contributed by atoms with Gasteiger partial charge in [0, 0.05) is 13.1 Å². The fourth-order valence-corrected chi connectivity index (χ4v) is 2.07.